The standard InChI is InChI=1S/C9H15N3O4S/c1-3-6(2)8(9(13)14)12-17(15,16)7-4-10-5-11-7/h4-6,8,12H,3H2,1-2H3,(H,10,11)(H,13,14)/t6?,8-/m0/s1. The van der Waals surface area contributed by atoms with Crippen molar-refractivity contribution in [1.29, 1.82) is 0 Å². The molecule has 17 heavy (non-hydrogen) atoms. The van der Waals surface area contributed by atoms with Gasteiger partial charge in [0.1, 0.15) is 6.04 Å². The minimum atomic E-state index is -3.87. The predicted octanol–water partition coefficient (Wildman–Crippen LogP) is 0.187. The van der Waals surface area contributed by atoms with Gasteiger partial charge >= 0.3 is 5.97 Å². The van der Waals surface area contributed by atoms with Crippen LogP contribution in [-0.2, 0) is 14.8 Å². The smallest absolute Gasteiger partial charge is 0.322 e. The van der Waals surface area contributed by atoms with E-state index in [2.05, 4.69) is 14.7 Å². The molecule has 0 aliphatic heterocycles. The zero-order valence-electron chi connectivity index (χ0n) is 9.54. The zero-order chi connectivity index (χ0) is 13.1. The Balaban J connectivity index is 2.92. The Morgan fingerprint density at radius 3 is 2.71 bits per heavy atom. The first-order valence-electron chi connectivity index (χ1n) is 5.12. The Bertz CT molecular complexity index is 468. The molecule has 0 radical (unpaired) electrons. The summed E-state index contributed by atoms with van der Waals surface area (Å²) in [5.41, 5.74) is 0. The van der Waals surface area contributed by atoms with Crippen LogP contribution in [0.3, 0.4) is 0 Å². The molecule has 8 heteroatoms. The third kappa shape index (κ3) is 3.27. The molecule has 0 aliphatic carbocycles. The molecule has 1 unspecified atom stereocenters. The number of imidazole rings is 1. The van der Waals surface area contributed by atoms with Gasteiger partial charge in [0.25, 0.3) is 10.0 Å². The maximum atomic E-state index is 11.8. The Morgan fingerprint density at radius 2 is 2.29 bits per heavy atom. The molecule has 3 N–H and O–H groups in total. The summed E-state index contributed by atoms with van der Waals surface area (Å²) in [6.07, 6.45) is 2.90. The average molecular weight is 261 g/mol. The van der Waals surface area contributed by atoms with Crippen LogP contribution in [0.1, 0.15) is 20.3 Å². The summed E-state index contributed by atoms with van der Waals surface area (Å²) in [5, 5.41) is 8.84. The van der Waals surface area contributed by atoms with Crippen molar-refractivity contribution in [3.05, 3.63) is 12.5 Å². The van der Waals surface area contributed by atoms with E-state index in [1.165, 1.54) is 6.33 Å². The van der Waals surface area contributed by atoms with Crippen LogP contribution in [0.4, 0.5) is 0 Å². The molecule has 0 aromatic carbocycles. The highest BCUT2D eigenvalue weighted by molar-refractivity contribution is 7.89. The number of sulfonamides is 1. The lowest BCUT2D eigenvalue weighted by atomic mass is 10.0. The highest BCUT2D eigenvalue weighted by Crippen LogP contribution is 2.12. The van der Waals surface area contributed by atoms with Crippen LogP contribution < -0.4 is 4.72 Å². The third-order valence-electron chi connectivity index (χ3n) is 2.52. The number of aromatic amines is 1. The number of nitrogens with one attached hydrogen (secondary N) is 2. The van der Waals surface area contributed by atoms with Gasteiger partial charge in [-0.05, 0) is 5.92 Å². The van der Waals surface area contributed by atoms with E-state index in [9.17, 15) is 13.2 Å². The summed E-state index contributed by atoms with van der Waals surface area (Å²) >= 11 is 0. The van der Waals surface area contributed by atoms with Gasteiger partial charge in [-0.15, -0.1) is 0 Å². The van der Waals surface area contributed by atoms with Crippen LogP contribution >= 0.6 is 0 Å². The molecule has 0 bridgehead atoms. The summed E-state index contributed by atoms with van der Waals surface area (Å²) in [4.78, 5) is 17.0. The molecule has 0 saturated carbocycles. The SMILES string of the molecule is CCC(C)[C@H](NS(=O)(=O)c1cnc[nH]1)C(=O)O. The molecule has 0 spiro atoms. The maximum Gasteiger partial charge on any atom is 0.322 e. The van der Waals surface area contributed by atoms with Crippen molar-refractivity contribution in [2.45, 2.75) is 31.3 Å². The van der Waals surface area contributed by atoms with Crippen molar-refractivity contribution < 1.29 is 18.3 Å². The van der Waals surface area contributed by atoms with Crippen molar-refractivity contribution in [2.75, 3.05) is 0 Å². The molecule has 0 saturated heterocycles. The molecule has 1 heterocycles. The normalized spacial score (nSPS) is 15.4. The molecule has 0 amide bonds. The Morgan fingerprint density at radius 1 is 1.65 bits per heavy atom. The number of aromatic nitrogens is 2. The van der Waals surface area contributed by atoms with Gasteiger partial charge in [-0.25, -0.2) is 13.4 Å². The van der Waals surface area contributed by atoms with Gasteiger partial charge < -0.3 is 10.1 Å². The molecule has 0 aliphatic rings. The summed E-state index contributed by atoms with van der Waals surface area (Å²) in [5.74, 6) is -1.49. The summed E-state index contributed by atoms with van der Waals surface area (Å²) in [6, 6.07) is -1.15. The quantitative estimate of drug-likeness (QED) is 0.676. The minimum Gasteiger partial charge on any atom is -0.480 e. The van der Waals surface area contributed by atoms with Crippen molar-refractivity contribution in [3.8, 4) is 0 Å². The second kappa shape index (κ2) is 5.28. The number of hydrogen-bond acceptors (Lipinski definition) is 4. The van der Waals surface area contributed by atoms with Crippen LogP contribution in [0.15, 0.2) is 17.6 Å². The number of rotatable bonds is 6. The fourth-order valence-corrected chi connectivity index (χ4v) is 2.47. The first-order chi connectivity index (χ1) is 7.88. The van der Waals surface area contributed by atoms with E-state index in [4.69, 9.17) is 5.11 Å². The van der Waals surface area contributed by atoms with Crippen molar-refractivity contribution in [1.82, 2.24) is 14.7 Å². The van der Waals surface area contributed by atoms with Gasteiger partial charge in [0, 0.05) is 0 Å². The molecule has 1 aromatic heterocycles. The fourth-order valence-electron chi connectivity index (χ4n) is 1.27. The maximum absolute atomic E-state index is 11.8. The average Bonchev–Trinajstić information content (AvgIpc) is 2.78. The van der Waals surface area contributed by atoms with E-state index in [1.807, 2.05) is 0 Å². The molecule has 2 atom stereocenters. The van der Waals surface area contributed by atoms with Crippen LogP contribution in [0.5, 0.6) is 0 Å². The van der Waals surface area contributed by atoms with Crippen LogP contribution in [0.25, 0.3) is 0 Å². The molecule has 1 aromatic rings. The van der Waals surface area contributed by atoms with E-state index in [0.29, 0.717) is 6.42 Å². The van der Waals surface area contributed by atoms with Gasteiger partial charge in [-0.3, -0.25) is 4.79 Å². The number of carboxylic acid groups (broad SMARTS) is 1. The van der Waals surface area contributed by atoms with Crippen molar-refractivity contribution in [2.24, 2.45) is 5.92 Å². The molecule has 1 rings (SSSR count). The Kier molecular flexibility index (Phi) is 4.24. The number of H-pyrrole nitrogens is 1. The van der Waals surface area contributed by atoms with Gasteiger partial charge in [0.2, 0.25) is 0 Å². The number of hydrogen-bond donors (Lipinski definition) is 3. The largest absolute Gasteiger partial charge is 0.480 e. The number of nitrogens with zero attached hydrogens (tertiary/aromatic N) is 1. The highest BCUT2D eigenvalue weighted by Gasteiger charge is 2.29. The van der Waals surface area contributed by atoms with Crippen molar-refractivity contribution >= 4 is 16.0 Å². The summed E-state index contributed by atoms with van der Waals surface area (Å²) in [6.45, 7) is 3.47. The molecule has 0 fully saturated rings. The summed E-state index contributed by atoms with van der Waals surface area (Å²) in [7, 11) is -3.87. The lowest BCUT2D eigenvalue weighted by molar-refractivity contribution is -0.140. The molecular formula is C9H15N3O4S. The monoisotopic (exact) mass is 261 g/mol. The second-order valence-corrected chi connectivity index (χ2v) is 5.42. The van der Waals surface area contributed by atoms with E-state index in [-0.39, 0.29) is 10.9 Å². The fraction of sp³-hybridized carbons (Fsp3) is 0.556. The summed E-state index contributed by atoms with van der Waals surface area (Å²) < 4.78 is 25.7. The predicted molar refractivity (Wildman–Crippen MR) is 59.8 cm³/mol. The number of carbonyl (C=O) groups is 1. The molecule has 96 valence electrons. The van der Waals surface area contributed by atoms with Gasteiger partial charge in [0.15, 0.2) is 5.03 Å². The van der Waals surface area contributed by atoms with E-state index >= 15 is 0 Å². The first-order valence-corrected chi connectivity index (χ1v) is 6.60. The van der Waals surface area contributed by atoms with Crippen LogP contribution in [0.2, 0.25) is 0 Å². The third-order valence-corrected chi connectivity index (χ3v) is 3.89. The van der Waals surface area contributed by atoms with Gasteiger partial charge in [-0.2, -0.15) is 4.72 Å². The number of aliphatic carboxylic acids is 1. The Labute approximate surface area is 99.3 Å². The van der Waals surface area contributed by atoms with E-state index in [1.54, 1.807) is 13.8 Å². The zero-order valence-corrected chi connectivity index (χ0v) is 10.4. The van der Waals surface area contributed by atoms with Crippen molar-refractivity contribution in [3.63, 3.8) is 0 Å². The minimum absolute atomic E-state index is 0.146. The lowest BCUT2D eigenvalue weighted by Crippen LogP contribution is -2.44. The molecular weight excluding hydrogens is 246 g/mol. The topological polar surface area (TPSA) is 112 Å². The van der Waals surface area contributed by atoms with Crippen LogP contribution in [-0.4, -0.2) is 35.5 Å². The van der Waals surface area contributed by atoms with Gasteiger partial charge in [0.05, 0.1) is 12.5 Å². The van der Waals surface area contributed by atoms with Crippen LogP contribution in [0, 0.1) is 5.92 Å². The highest BCUT2D eigenvalue weighted by atomic mass is 32.2. The number of carboxylic acids is 1. The van der Waals surface area contributed by atoms with Gasteiger partial charge in [-0.1, -0.05) is 20.3 Å². The first kappa shape index (κ1) is 13.7. The Hall–Kier alpha value is -1.41. The second-order valence-electron chi connectivity index (χ2n) is 3.74. The molecule has 7 nitrogen and oxygen atoms in total. The van der Waals surface area contributed by atoms with E-state index in [0.717, 1.165) is 6.20 Å². The van der Waals surface area contributed by atoms with E-state index < -0.39 is 22.0 Å². The lowest BCUT2D eigenvalue weighted by Gasteiger charge is -2.19.